The van der Waals surface area contributed by atoms with Crippen molar-refractivity contribution in [3.8, 4) is 0 Å². The fourth-order valence-electron chi connectivity index (χ4n) is 5.05. The molecule has 0 spiro atoms. The summed E-state index contributed by atoms with van der Waals surface area (Å²) >= 11 is 0. The fraction of sp³-hybridized carbons (Fsp3) is 0.476. The lowest BCUT2D eigenvalue weighted by Crippen LogP contribution is -2.58. The maximum Gasteiger partial charge on any atom is 0.269 e. The van der Waals surface area contributed by atoms with E-state index in [4.69, 9.17) is 11.3 Å². The smallest absolute Gasteiger partial charge is 0.269 e. The zero-order valence-corrected chi connectivity index (χ0v) is 15.1. The van der Waals surface area contributed by atoms with Crippen molar-refractivity contribution >= 4 is 5.82 Å². The monoisotopic (exact) mass is 348 g/mol. The zero-order valence-electron chi connectivity index (χ0n) is 15.1. The van der Waals surface area contributed by atoms with Crippen LogP contribution in [0.1, 0.15) is 30.4 Å². The van der Waals surface area contributed by atoms with E-state index in [1.165, 1.54) is 12.0 Å². The molecule has 0 amide bonds. The van der Waals surface area contributed by atoms with Crippen LogP contribution in [0.25, 0.3) is 4.85 Å². The fourth-order valence-corrected chi connectivity index (χ4v) is 5.05. The topological polar surface area (TPSA) is 42.6 Å². The van der Waals surface area contributed by atoms with Gasteiger partial charge in [0.25, 0.3) is 5.82 Å². The Morgan fingerprint density at radius 2 is 2.08 bits per heavy atom. The molecule has 3 heterocycles. The first-order valence-corrected chi connectivity index (χ1v) is 9.26. The van der Waals surface area contributed by atoms with Crippen LogP contribution in [0, 0.1) is 18.4 Å². The molecule has 2 aromatic heterocycles. The van der Waals surface area contributed by atoms with Crippen LogP contribution in [0.4, 0.5) is 5.82 Å². The Hall–Kier alpha value is -2.29. The predicted octanol–water partition coefficient (Wildman–Crippen LogP) is 3.80. The van der Waals surface area contributed by atoms with Crippen molar-refractivity contribution in [3.05, 3.63) is 65.4 Å². The van der Waals surface area contributed by atoms with Crippen molar-refractivity contribution in [2.75, 3.05) is 20.2 Å². The average Bonchev–Trinajstić information content (AvgIpc) is 2.68. The van der Waals surface area contributed by atoms with E-state index in [2.05, 4.69) is 25.8 Å². The highest BCUT2D eigenvalue weighted by molar-refractivity contribution is 5.41. The molecule has 2 fully saturated rings. The molecule has 5 nitrogen and oxygen atoms in total. The number of hydrogen-bond acceptors (Lipinski definition) is 4. The lowest BCUT2D eigenvalue weighted by Gasteiger charge is -2.55. The third kappa shape index (κ3) is 2.90. The van der Waals surface area contributed by atoms with E-state index in [9.17, 15) is 0 Å². The highest BCUT2D eigenvalue weighted by Crippen LogP contribution is 2.51. The van der Waals surface area contributed by atoms with Gasteiger partial charge in [-0.1, -0.05) is 19.1 Å². The van der Waals surface area contributed by atoms with Crippen molar-refractivity contribution in [1.82, 2.24) is 14.9 Å². The van der Waals surface area contributed by atoms with Gasteiger partial charge in [-0.2, -0.15) is 0 Å². The maximum absolute atomic E-state index is 7.30. The molecule has 1 aliphatic heterocycles. The van der Waals surface area contributed by atoms with Crippen LogP contribution in [0.5, 0.6) is 0 Å². The number of fused-ring (bicyclic) bond motifs is 2. The molecule has 1 saturated heterocycles. The van der Waals surface area contributed by atoms with Gasteiger partial charge in [0.05, 0.1) is 5.60 Å². The van der Waals surface area contributed by atoms with Crippen LogP contribution in [0.2, 0.25) is 0 Å². The van der Waals surface area contributed by atoms with Crippen molar-refractivity contribution in [2.24, 2.45) is 11.8 Å². The average molecular weight is 348 g/mol. The molecule has 0 N–H and O–H groups in total. The second kappa shape index (κ2) is 7.14. The van der Waals surface area contributed by atoms with Gasteiger partial charge in [0.15, 0.2) is 0 Å². The minimum Gasteiger partial charge on any atom is -0.373 e. The summed E-state index contributed by atoms with van der Waals surface area (Å²) < 4.78 is 6.26. The van der Waals surface area contributed by atoms with Crippen LogP contribution in [0.3, 0.4) is 0 Å². The van der Waals surface area contributed by atoms with Crippen molar-refractivity contribution in [3.63, 3.8) is 0 Å². The highest BCUT2D eigenvalue weighted by atomic mass is 16.5. The molecule has 0 aromatic carbocycles. The number of pyridine rings is 2. The molecule has 1 saturated carbocycles. The summed E-state index contributed by atoms with van der Waals surface area (Å²) in [6.07, 6.45) is 9.10. The van der Waals surface area contributed by atoms with Crippen molar-refractivity contribution in [1.29, 1.82) is 0 Å². The minimum atomic E-state index is -0.300. The molecule has 26 heavy (non-hydrogen) atoms. The van der Waals surface area contributed by atoms with Crippen molar-refractivity contribution < 1.29 is 4.74 Å². The molecule has 134 valence electrons. The molecule has 2 aromatic rings. The van der Waals surface area contributed by atoms with E-state index in [0.29, 0.717) is 17.7 Å². The van der Waals surface area contributed by atoms with E-state index >= 15 is 0 Å². The minimum absolute atomic E-state index is 0.300. The highest BCUT2D eigenvalue weighted by Gasteiger charge is 2.53. The molecule has 2 unspecified atom stereocenters. The van der Waals surface area contributed by atoms with E-state index < -0.39 is 0 Å². The van der Waals surface area contributed by atoms with E-state index in [1.54, 1.807) is 6.20 Å². The Balaban J connectivity index is 1.64. The summed E-state index contributed by atoms with van der Waals surface area (Å²) in [7, 11) is 1.83. The van der Waals surface area contributed by atoms with Gasteiger partial charge in [0.2, 0.25) is 0 Å². The third-order valence-corrected chi connectivity index (χ3v) is 6.05. The molecule has 0 radical (unpaired) electrons. The van der Waals surface area contributed by atoms with Crippen LogP contribution in [-0.4, -0.2) is 35.1 Å². The number of piperidine rings is 1. The van der Waals surface area contributed by atoms with Gasteiger partial charge < -0.3 is 9.58 Å². The molecule has 2 atom stereocenters. The Kier molecular flexibility index (Phi) is 4.71. The van der Waals surface area contributed by atoms with Gasteiger partial charge in [-0.15, -0.1) is 4.98 Å². The summed E-state index contributed by atoms with van der Waals surface area (Å²) in [4.78, 5) is 14.5. The van der Waals surface area contributed by atoms with E-state index in [0.717, 1.165) is 38.0 Å². The summed E-state index contributed by atoms with van der Waals surface area (Å²) in [6, 6.07) is 8.12. The molecule has 1 aliphatic carbocycles. The number of aromatic nitrogens is 2. The molecular weight excluding hydrogens is 324 g/mol. The number of hydrogen-bond donors (Lipinski definition) is 0. The second-order valence-corrected chi connectivity index (χ2v) is 7.39. The Morgan fingerprint density at radius 1 is 1.27 bits per heavy atom. The molecule has 4 rings (SSSR count). The summed E-state index contributed by atoms with van der Waals surface area (Å²) in [5.74, 6) is 1.31. The predicted molar refractivity (Wildman–Crippen MR) is 99.5 cm³/mol. The second-order valence-electron chi connectivity index (χ2n) is 7.39. The summed E-state index contributed by atoms with van der Waals surface area (Å²) in [5, 5.41) is 0. The first-order valence-electron chi connectivity index (χ1n) is 9.26. The maximum atomic E-state index is 7.30. The quantitative estimate of drug-likeness (QED) is 0.788. The first kappa shape index (κ1) is 17.1. The normalized spacial score (nSPS) is 28.5. The lowest BCUT2D eigenvalue weighted by atomic mass is 9.62. The number of nitrogens with zero attached hydrogens (tertiary/aromatic N) is 4. The standard InChI is InChI=1S/C21H24N4O/c1-22-20-11-17(8-10-24-20)21(26-2)18-6-3-7-19(21)15-25(14-18)13-16-5-4-9-23-12-16/h4-5,8-12,18-19H,3,6-7,13-15H2,2H3. The van der Waals surface area contributed by atoms with Gasteiger partial charge in [0, 0.05) is 51.0 Å². The van der Waals surface area contributed by atoms with Gasteiger partial charge in [-0.3, -0.25) is 9.88 Å². The van der Waals surface area contributed by atoms with Gasteiger partial charge in [-0.25, -0.2) is 0 Å². The summed E-state index contributed by atoms with van der Waals surface area (Å²) in [5.41, 5.74) is 2.08. The molecule has 2 bridgehead atoms. The number of methoxy groups -OCH3 is 1. The SMILES string of the molecule is [C-]#[N+]c1cc(C2(OC)C3CCCC2CN(Cc2cccnc2)C3)ccn1. The third-order valence-electron chi connectivity index (χ3n) is 6.05. The number of ether oxygens (including phenoxy) is 1. The molecule has 2 aliphatic rings. The largest absolute Gasteiger partial charge is 0.373 e. The number of rotatable bonds is 4. The van der Waals surface area contributed by atoms with Crippen LogP contribution < -0.4 is 0 Å². The van der Waals surface area contributed by atoms with Gasteiger partial charge >= 0.3 is 0 Å². The molecular formula is C21H24N4O. The lowest BCUT2D eigenvalue weighted by molar-refractivity contribution is -0.170. The Morgan fingerprint density at radius 3 is 2.73 bits per heavy atom. The molecule has 5 heteroatoms. The number of likely N-dealkylation sites (tertiary alicyclic amines) is 1. The Labute approximate surface area is 154 Å². The first-order chi connectivity index (χ1) is 12.8. The van der Waals surface area contributed by atoms with Gasteiger partial charge in [-0.05, 0) is 42.2 Å². The van der Waals surface area contributed by atoms with Crippen LogP contribution in [0.15, 0.2) is 42.9 Å². The summed E-state index contributed by atoms with van der Waals surface area (Å²) in [6.45, 7) is 10.3. The van der Waals surface area contributed by atoms with Crippen LogP contribution in [-0.2, 0) is 16.9 Å². The van der Waals surface area contributed by atoms with E-state index in [1.807, 2.05) is 37.7 Å². The Bertz CT molecular complexity index is 787. The van der Waals surface area contributed by atoms with Crippen LogP contribution >= 0.6 is 0 Å². The zero-order chi connectivity index (χ0) is 18.0. The van der Waals surface area contributed by atoms with Gasteiger partial charge in [0.1, 0.15) is 6.20 Å². The van der Waals surface area contributed by atoms with Crippen molar-refractivity contribution in [2.45, 2.75) is 31.4 Å². The van der Waals surface area contributed by atoms with E-state index in [-0.39, 0.29) is 5.60 Å².